The fourth-order valence-electron chi connectivity index (χ4n) is 3.86. The first kappa shape index (κ1) is 17.6. The van der Waals surface area contributed by atoms with Crippen LogP contribution < -0.4 is 10.5 Å². The van der Waals surface area contributed by atoms with Crippen molar-refractivity contribution in [3.8, 4) is 5.75 Å². The first-order valence-corrected chi connectivity index (χ1v) is 8.65. The van der Waals surface area contributed by atoms with Crippen LogP contribution in [0.5, 0.6) is 5.75 Å². The minimum absolute atomic E-state index is 0. The van der Waals surface area contributed by atoms with Crippen molar-refractivity contribution in [3.63, 3.8) is 0 Å². The van der Waals surface area contributed by atoms with Gasteiger partial charge in [-0.05, 0) is 37.0 Å². The van der Waals surface area contributed by atoms with E-state index in [0.717, 1.165) is 25.0 Å². The summed E-state index contributed by atoms with van der Waals surface area (Å²) in [5, 5.41) is 0. The molecule has 2 heterocycles. The monoisotopic (exact) mass is 357 g/mol. The highest BCUT2D eigenvalue weighted by atomic mass is 35.5. The molecule has 1 fully saturated rings. The van der Waals surface area contributed by atoms with E-state index in [-0.39, 0.29) is 18.4 Å². The Morgan fingerprint density at radius 1 is 1.00 bits per heavy atom. The van der Waals surface area contributed by atoms with Gasteiger partial charge in [-0.15, -0.1) is 12.4 Å². The molecule has 0 aromatic heterocycles. The number of benzene rings is 2. The van der Waals surface area contributed by atoms with Gasteiger partial charge < -0.3 is 15.4 Å². The molecule has 1 saturated heterocycles. The van der Waals surface area contributed by atoms with Crippen molar-refractivity contribution >= 4 is 18.4 Å². The van der Waals surface area contributed by atoms with Gasteiger partial charge >= 0.3 is 0 Å². The van der Waals surface area contributed by atoms with Gasteiger partial charge in [0.1, 0.15) is 12.4 Å². The lowest BCUT2D eigenvalue weighted by Crippen LogP contribution is -2.50. The zero-order valence-corrected chi connectivity index (χ0v) is 14.9. The van der Waals surface area contributed by atoms with Crippen LogP contribution in [0.1, 0.15) is 30.9 Å². The van der Waals surface area contributed by atoms with Gasteiger partial charge in [0, 0.05) is 6.04 Å². The summed E-state index contributed by atoms with van der Waals surface area (Å²) in [7, 11) is 0. The predicted octanol–water partition coefficient (Wildman–Crippen LogP) is 3.78. The molecule has 3 atom stereocenters. The molecule has 4 nitrogen and oxygen atoms in total. The van der Waals surface area contributed by atoms with Crippen molar-refractivity contribution in [2.24, 2.45) is 10.7 Å². The second kappa shape index (κ2) is 7.79. The van der Waals surface area contributed by atoms with Gasteiger partial charge in [0.05, 0.1) is 12.1 Å². The molecule has 25 heavy (non-hydrogen) atoms. The Morgan fingerprint density at radius 3 is 2.40 bits per heavy atom. The molecule has 5 heteroatoms. The number of rotatable bonds is 4. The summed E-state index contributed by atoms with van der Waals surface area (Å²) >= 11 is 0. The van der Waals surface area contributed by atoms with Crippen molar-refractivity contribution in [2.45, 2.75) is 37.4 Å². The van der Waals surface area contributed by atoms with Gasteiger partial charge in [-0.3, -0.25) is 0 Å². The lowest BCUT2D eigenvalue weighted by Gasteiger charge is -2.37. The second-order valence-corrected chi connectivity index (χ2v) is 6.57. The third-order valence-electron chi connectivity index (χ3n) is 5.04. The van der Waals surface area contributed by atoms with Crippen molar-refractivity contribution in [3.05, 3.63) is 66.2 Å². The number of halogens is 1. The predicted molar refractivity (Wildman–Crippen MR) is 103 cm³/mol. The summed E-state index contributed by atoms with van der Waals surface area (Å²) in [5.74, 6) is 1.58. The van der Waals surface area contributed by atoms with E-state index in [0.29, 0.717) is 24.7 Å². The van der Waals surface area contributed by atoms with Crippen LogP contribution in [0.2, 0.25) is 0 Å². The second-order valence-electron chi connectivity index (χ2n) is 6.57. The summed E-state index contributed by atoms with van der Waals surface area (Å²) in [4.78, 5) is 7.05. The number of hydrogen-bond acceptors (Lipinski definition) is 4. The van der Waals surface area contributed by atoms with Gasteiger partial charge in [-0.1, -0.05) is 48.5 Å². The minimum Gasteiger partial charge on any atom is -0.491 e. The third kappa shape index (κ3) is 3.74. The summed E-state index contributed by atoms with van der Waals surface area (Å²) in [6.07, 6.45) is 3.30. The van der Waals surface area contributed by atoms with Crippen LogP contribution in [0.15, 0.2) is 65.7 Å². The molecular formula is C20H24ClN3O. The molecule has 0 aliphatic carbocycles. The van der Waals surface area contributed by atoms with E-state index in [1.165, 1.54) is 5.56 Å². The van der Waals surface area contributed by atoms with E-state index in [2.05, 4.69) is 29.2 Å². The highest BCUT2D eigenvalue weighted by molar-refractivity contribution is 5.85. The van der Waals surface area contributed by atoms with E-state index in [9.17, 15) is 0 Å². The molecule has 0 bridgehead atoms. The standard InChI is InChI=1S/C20H23N3O.ClH/c21-20-22-19(15-7-3-1-4-8-15)13-16-11-12-17(23(16)20)14-24-18-9-5-2-6-10-18;/h1-10,16-17,19H,11-14H2,(H2,21,22);1H/t16-,17-,19-;/m1./s1. The van der Waals surface area contributed by atoms with E-state index in [1.54, 1.807) is 0 Å². The van der Waals surface area contributed by atoms with Crippen molar-refractivity contribution in [2.75, 3.05) is 6.61 Å². The molecule has 2 N–H and O–H groups in total. The SMILES string of the molecule is Cl.NC1=N[C@@H](c2ccccc2)C[C@H]2CC[C@H](COc3ccccc3)N12. The van der Waals surface area contributed by atoms with E-state index >= 15 is 0 Å². The smallest absolute Gasteiger partial charge is 0.192 e. The number of ether oxygens (including phenoxy) is 1. The maximum Gasteiger partial charge on any atom is 0.192 e. The van der Waals surface area contributed by atoms with E-state index in [4.69, 9.17) is 15.5 Å². The maximum atomic E-state index is 6.33. The topological polar surface area (TPSA) is 50.9 Å². The molecule has 2 aromatic rings. The Labute approximate surface area is 155 Å². The van der Waals surface area contributed by atoms with Crippen LogP contribution in [0.25, 0.3) is 0 Å². The number of nitrogens with zero attached hydrogens (tertiary/aromatic N) is 2. The molecule has 0 radical (unpaired) electrons. The summed E-state index contributed by atoms with van der Waals surface area (Å²) < 4.78 is 5.95. The number of nitrogens with two attached hydrogens (primary N) is 1. The Bertz CT molecular complexity index is 707. The van der Waals surface area contributed by atoms with E-state index in [1.807, 2.05) is 36.4 Å². The zero-order chi connectivity index (χ0) is 16.4. The van der Waals surface area contributed by atoms with Gasteiger partial charge in [0.15, 0.2) is 5.96 Å². The van der Waals surface area contributed by atoms with Gasteiger partial charge in [0.2, 0.25) is 0 Å². The fourth-order valence-corrected chi connectivity index (χ4v) is 3.86. The van der Waals surface area contributed by atoms with Crippen molar-refractivity contribution in [1.29, 1.82) is 0 Å². The third-order valence-corrected chi connectivity index (χ3v) is 5.04. The lowest BCUT2D eigenvalue weighted by atomic mass is 9.97. The van der Waals surface area contributed by atoms with E-state index < -0.39 is 0 Å². The summed E-state index contributed by atoms with van der Waals surface area (Å²) in [6.45, 7) is 0.659. The quantitative estimate of drug-likeness (QED) is 0.905. The van der Waals surface area contributed by atoms with Crippen LogP contribution in [0, 0.1) is 0 Å². The van der Waals surface area contributed by atoms with Gasteiger partial charge in [-0.2, -0.15) is 0 Å². The highest BCUT2D eigenvalue weighted by Crippen LogP contribution is 2.36. The molecule has 2 aliphatic rings. The molecule has 0 unspecified atom stereocenters. The molecule has 0 spiro atoms. The Balaban J connectivity index is 0.00000182. The Hall–Kier alpha value is -2.20. The average Bonchev–Trinajstić information content (AvgIpc) is 3.05. The van der Waals surface area contributed by atoms with Gasteiger partial charge in [-0.25, -0.2) is 4.99 Å². The zero-order valence-electron chi connectivity index (χ0n) is 14.1. The average molecular weight is 358 g/mol. The normalized spacial score (nSPS) is 24.9. The summed E-state index contributed by atoms with van der Waals surface area (Å²) in [6, 6.07) is 21.4. The molecule has 2 aromatic carbocycles. The maximum absolute atomic E-state index is 6.33. The summed E-state index contributed by atoms with van der Waals surface area (Å²) in [5.41, 5.74) is 7.58. The molecule has 0 amide bonds. The number of hydrogen-bond donors (Lipinski definition) is 1. The number of aliphatic imine (C=N–C) groups is 1. The van der Waals surface area contributed by atoms with Gasteiger partial charge in [0.25, 0.3) is 0 Å². The lowest BCUT2D eigenvalue weighted by molar-refractivity contribution is 0.190. The Morgan fingerprint density at radius 2 is 1.68 bits per heavy atom. The molecule has 4 rings (SSSR count). The minimum atomic E-state index is 0. The van der Waals surface area contributed by atoms with Crippen LogP contribution in [-0.2, 0) is 0 Å². The van der Waals surface area contributed by atoms with Crippen LogP contribution in [-0.4, -0.2) is 29.6 Å². The number of para-hydroxylation sites is 1. The van der Waals surface area contributed by atoms with Crippen molar-refractivity contribution in [1.82, 2.24) is 4.90 Å². The van der Waals surface area contributed by atoms with Crippen LogP contribution in [0.4, 0.5) is 0 Å². The largest absolute Gasteiger partial charge is 0.491 e. The highest BCUT2D eigenvalue weighted by Gasteiger charge is 2.39. The molecule has 2 aliphatic heterocycles. The Kier molecular flexibility index (Phi) is 5.49. The first-order valence-electron chi connectivity index (χ1n) is 8.65. The molecule has 0 saturated carbocycles. The number of guanidine groups is 1. The first-order chi connectivity index (χ1) is 11.8. The molecular weight excluding hydrogens is 334 g/mol. The fraction of sp³-hybridized carbons (Fsp3) is 0.350. The van der Waals surface area contributed by atoms with Crippen molar-refractivity contribution < 1.29 is 4.74 Å². The number of fused-ring (bicyclic) bond motifs is 1. The van der Waals surface area contributed by atoms with Crippen LogP contribution in [0.3, 0.4) is 0 Å². The molecule has 132 valence electrons. The van der Waals surface area contributed by atoms with Crippen LogP contribution >= 0.6 is 12.4 Å².